The number of hydrogen-bond acceptors (Lipinski definition) is 5. The van der Waals surface area contributed by atoms with Gasteiger partial charge in [0, 0.05) is 38.2 Å². The first-order chi connectivity index (χ1) is 30.7. The molecular formula is C57H33N3O2. The van der Waals surface area contributed by atoms with Crippen LogP contribution in [-0.4, -0.2) is 15.0 Å². The summed E-state index contributed by atoms with van der Waals surface area (Å²) in [5.74, 6) is 1.78. The first-order valence-corrected chi connectivity index (χ1v) is 20.8. The summed E-state index contributed by atoms with van der Waals surface area (Å²) in [6, 6.07) is 70.0. The van der Waals surface area contributed by atoms with Gasteiger partial charge in [-0.05, 0) is 103 Å². The van der Waals surface area contributed by atoms with Crippen molar-refractivity contribution in [3.8, 4) is 56.4 Å². The standard InChI is InChI=1S/C57H33N3O2/c1-2-11-34(12-3-1)36-22-23-38-32-40(26-24-37(38)31-36)55-58-56(60-57(59-55)47-17-10-20-51-53(47)45-15-6-8-18-49(45)61-51)44-29-28-41(42-13-4-5-14-43(42)44)39-25-21-35-27-30-52-54(48(35)33-39)46-16-7-9-19-50(46)62-52/h1-33H. The summed E-state index contributed by atoms with van der Waals surface area (Å²) in [6.45, 7) is 0. The molecule has 62 heavy (non-hydrogen) atoms. The van der Waals surface area contributed by atoms with Gasteiger partial charge in [0.25, 0.3) is 0 Å². The highest BCUT2D eigenvalue weighted by Gasteiger charge is 2.20. The van der Waals surface area contributed by atoms with Crippen molar-refractivity contribution in [3.63, 3.8) is 0 Å². The van der Waals surface area contributed by atoms with Crippen LogP contribution in [0, 0.1) is 0 Å². The average Bonchev–Trinajstić information content (AvgIpc) is 3.92. The van der Waals surface area contributed by atoms with Gasteiger partial charge in [-0.3, -0.25) is 0 Å². The molecule has 0 saturated carbocycles. The van der Waals surface area contributed by atoms with Gasteiger partial charge in [-0.1, -0.05) is 152 Å². The first-order valence-electron chi connectivity index (χ1n) is 20.8. The minimum atomic E-state index is 0.584. The van der Waals surface area contributed by atoms with Gasteiger partial charge in [0.2, 0.25) is 0 Å². The van der Waals surface area contributed by atoms with E-state index in [2.05, 4.69) is 152 Å². The van der Waals surface area contributed by atoms with Crippen molar-refractivity contribution in [3.05, 3.63) is 200 Å². The molecule has 0 spiro atoms. The van der Waals surface area contributed by atoms with Crippen molar-refractivity contribution in [1.29, 1.82) is 0 Å². The lowest BCUT2D eigenvalue weighted by Gasteiger charge is -2.14. The minimum Gasteiger partial charge on any atom is -0.456 e. The Morgan fingerprint density at radius 2 is 0.790 bits per heavy atom. The molecule has 0 aliphatic rings. The fraction of sp³-hybridized carbons (Fsp3) is 0. The van der Waals surface area contributed by atoms with Crippen molar-refractivity contribution in [2.45, 2.75) is 0 Å². The Balaban J connectivity index is 1.01. The zero-order valence-electron chi connectivity index (χ0n) is 33.2. The molecule has 5 heteroatoms. The Hall–Kier alpha value is -8.41. The van der Waals surface area contributed by atoms with E-state index >= 15 is 0 Å². The summed E-state index contributed by atoms with van der Waals surface area (Å²) in [5, 5.41) is 11.0. The van der Waals surface area contributed by atoms with Crippen molar-refractivity contribution in [1.82, 2.24) is 15.0 Å². The molecule has 3 aromatic heterocycles. The second kappa shape index (κ2) is 13.6. The van der Waals surface area contributed by atoms with E-state index in [1.807, 2.05) is 48.5 Å². The van der Waals surface area contributed by atoms with E-state index in [-0.39, 0.29) is 0 Å². The molecule has 5 nitrogen and oxygen atoms in total. The molecule has 13 aromatic rings. The van der Waals surface area contributed by atoms with Crippen LogP contribution in [0.1, 0.15) is 0 Å². The van der Waals surface area contributed by atoms with Crippen LogP contribution in [0.25, 0.3) is 133 Å². The monoisotopic (exact) mass is 791 g/mol. The molecule has 0 unspecified atom stereocenters. The van der Waals surface area contributed by atoms with Crippen LogP contribution >= 0.6 is 0 Å². The summed E-state index contributed by atoms with van der Waals surface area (Å²) >= 11 is 0. The normalized spacial score (nSPS) is 11.9. The van der Waals surface area contributed by atoms with E-state index < -0.39 is 0 Å². The number of furan rings is 2. The molecule has 0 fully saturated rings. The maximum Gasteiger partial charge on any atom is 0.164 e. The van der Waals surface area contributed by atoms with E-state index in [1.54, 1.807) is 0 Å². The molecule has 0 aliphatic carbocycles. The van der Waals surface area contributed by atoms with Crippen LogP contribution in [0.5, 0.6) is 0 Å². The van der Waals surface area contributed by atoms with Crippen LogP contribution in [0.2, 0.25) is 0 Å². The number of para-hydroxylation sites is 2. The largest absolute Gasteiger partial charge is 0.456 e. The number of rotatable bonds is 5. The number of nitrogens with zero attached hydrogens (tertiary/aromatic N) is 3. The fourth-order valence-corrected chi connectivity index (χ4v) is 9.36. The Morgan fingerprint density at radius 3 is 1.56 bits per heavy atom. The van der Waals surface area contributed by atoms with Crippen molar-refractivity contribution < 1.29 is 8.83 Å². The highest BCUT2D eigenvalue weighted by Crippen LogP contribution is 2.41. The molecule has 0 amide bonds. The Kier molecular flexibility index (Phi) is 7.54. The highest BCUT2D eigenvalue weighted by molar-refractivity contribution is 6.20. The van der Waals surface area contributed by atoms with Crippen LogP contribution in [0.15, 0.2) is 209 Å². The van der Waals surface area contributed by atoms with E-state index in [4.69, 9.17) is 23.8 Å². The summed E-state index contributed by atoms with van der Waals surface area (Å²) < 4.78 is 12.6. The maximum atomic E-state index is 6.34. The van der Waals surface area contributed by atoms with E-state index in [0.717, 1.165) is 98.6 Å². The zero-order chi connectivity index (χ0) is 40.7. The lowest BCUT2D eigenvalue weighted by Crippen LogP contribution is -2.01. The number of aromatic nitrogens is 3. The Bertz CT molecular complexity index is 3940. The van der Waals surface area contributed by atoms with E-state index in [0.29, 0.717) is 17.5 Å². The van der Waals surface area contributed by atoms with Crippen molar-refractivity contribution >= 4 is 76.2 Å². The summed E-state index contributed by atoms with van der Waals surface area (Å²) in [5.41, 5.74) is 10.7. The maximum absolute atomic E-state index is 6.34. The average molecular weight is 792 g/mol. The van der Waals surface area contributed by atoms with E-state index in [9.17, 15) is 0 Å². The number of hydrogen-bond donors (Lipinski definition) is 0. The molecule has 13 rings (SSSR count). The third-order valence-corrected chi connectivity index (χ3v) is 12.3. The minimum absolute atomic E-state index is 0.584. The van der Waals surface area contributed by atoms with Gasteiger partial charge in [-0.25, -0.2) is 15.0 Å². The fourth-order valence-electron chi connectivity index (χ4n) is 9.36. The predicted octanol–water partition coefficient (Wildman–Crippen LogP) is 15.5. The summed E-state index contributed by atoms with van der Waals surface area (Å²) in [7, 11) is 0. The third kappa shape index (κ3) is 5.45. The van der Waals surface area contributed by atoms with Gasteiger partial charge in [0.1, 0.15) is 22.3 Å². The van der Waals surface area contributed by atoms with Gasteiger partial charge < -0.3 is 8.83 Å². The summed E-state index contributed by atoms with van der Waals surface area (Å²) in [6.07, 6.45) is 0. The predicted molar refractivity (Wildman–Crippen MR) is 254 cm³/mol. The molecule has 0 radical (unpaired) electrons. The summed E-state index contributed by atoms with van der Waals surface area (Å²) in [4.78, 5) is 15.9. The molecule has 10 aromatic carbocycles. The zero-order valence-corrected chi connectivity index (χ0v) is 33.2. The molecule has 0 bridgehead atoms. The Morgan fingerprint density at radius 1 is 0.258 bits per heavy atom. The molecule has 288 valence electrons. The molecule has 0 N–H and O–H groups in total. The third-order valence-electron chi connectivity index (χ3n) is 12.3. The van der Waals surface area contributed by atoms with Crippen molar-refractivity contribution in [2.75, 3.05) is 0 Å². The topological polar surface area (TPSA) is 65.0 Å². The lowest BCUT2D eigenvalue weighted by molar-refractivity contribution is 0.668. The van der Waals surface area contributed by atoms with Gasteiger partial charge in [-0.2, -0.15) is 0 Å². The second-order valence-electron chi connectivity index (χ2n) is 15.9. The van der Waals surface area contributed by atoms with E-state index in [1.165, 1.54) is 16.5 Å². The quantitative estimate of drug-likeness (QED) is 0.174. The van der Waals surface area contributed by atoms with Crippen LogP contribution in [-0.2, 0) is 0 Å². The van der Waals surface area contributed by atoms with Crippen LogP contribution in [0.4, 0.5) is 0 Å². The van der Waals surface area contributed by atoms with Gasteiger partial charge >= 0.3 is 0 Å². The second-order valence-corrected chi connectivity index (χ2v) is 15.9. The lowest BCUT2D eigenvalue weighted by atomic mass is 9.92. The number of fused-ring (bicyclic) bond motifs is 10. The highest BCUT2D eigenvalue weighted by atomic mass is 16.3. The number of benzene rings is 10. The van der Waals surface area contributed by atoms with Crippen LogP contribution in [0.3, 0.4) is 0 Å². The first kappa shape index (κ1) is 34.5. The Labute approximate surface area is 355 Å². The SMILES string of the molecule is c1ccc(-c2ccc3cc(-c4nc(-c5ccc(-c6ccc7ccc8oc9ccccc9c8c7c6)c6ccccc56)nc(-c5cccc6oc7ccccc7c56)n4)ccc3c2)cc1. The molecule has 0 saturated heterocycles. The molecule has 0 aliphatic heterocycles. The smallest absolute Gasteiger partial charge is 0.164 e. The molecular weight excluding hydrogens is 759 g/mol. The van der Waals surface area contributed by atoms with Gasteiger partial charge in [0.05, 0.1) is 0 Å². The van der Waals surface area contributed by atoms with Crippen molar-refractivity contribution in [2.24, 2.45) is 0 Å². The molecule has 3 heterocycles. The van der Waals surface area contributed by atoms with Gasteiger partial charge in [-0.15, -0.1) is 0 Å². The van der Waals surface area contributed by atoms with Crippen LogP contribution < -0.4 is 0 Å². The molecule has 0 atom stereocenters. The van der Waals surface area contributed by atoms with Gasteiger partial charge in [0.15, 0.2) is 17.5 Å².